The molecule has 7 nitrogen and oxygen atoms in total. The van der Waals surface area contributed by atoms with Gasteiger partial charge in [0.25, 0.3) is 0 Å². The van der Waals surface area contributed by atoms with Crippen molar-refractivity contribution in [3.63, 3.8) is 0 Å². The normalized spacial score (nSPS) is 10.1. The summed E-state index contributed by atoms with van der Waals surface area (Å²) in [4.78, 5) is 22.0. The zero-order valence-corrected chi connectivity index (χ0v) is 8.65. The van der Waals surface area contributed by atoms with Gasteiger partial charge in [-0.1, -0.05) is 12.1 Å². The molecule has 0 radical (unpaired) electrons. The van der Waals surface area contributed by atoms with Gasteiger partial charge in [-0.3, -0.25) is 9.59 Å². The molecule has 86 valence electrons. The largest absolute Gasteiger partial charge is 0.481 e. The van der Waals surface area contributed by atoms with Crippen molar-refractivity contribution in [2.75, 3.05) is 0 Å². The number of carboxylic acids is 1. The summed E-state index contributed by atoms with van der Waals surface area (Å²) in [5.41, 5.74) is 0.923. The van der Waals surface area contributed by atoms with Gasteiger partial charge >= 0.3 is 5.97 Å². The number of carbonyl (C=O) groups excluding carboxylic acids is 1. The molecule has 7 heteroatoms. The number of tetrazole rings is 1. The minimum atomic E-state index is -1.15. The molecule has 0 aliphatic carbocycles. The second-order valence-electron chi connectivity index (χ2n) is 3.30. The van der Waals surface area contributed by atoms with Gasteiger partial charge < -0.3 is 5.11 Å². The Labute approximate surface area is 95.7 Å². The Morgan fingerprint density at radius 3 is 2.82 bits per heavy atom. The molecule has 0 unspecified atom stereocenters. The first kappa shape index (κ1) is 10.9. The van der Waals surface area contributed by atoms with E-state index in [1.54, 1.807) is 24.3 Å². The lowest BCUT2D eigenvalue weighted by Gasteiger charge is -2.02. The average Bonchev–Trinajstić information content (AvgIpc) is 2.82. The van der Waals surface area contributed by atoms with E-state index in [2.05, 4.69) is 15.5 Å². The summed E-state index contributed by atoms with van der Waals surface area (Å²) in [5.74, 6) is -1.60. The Bertz CT molecular complexity index is 550. The quantitative estimate of drug-likeness (QED) is 0.602. The molecule has 0 amide bonds. The van der Waals surface area contributed by atoms with E-state index < -0.39 is 18.2 Å². The lowest BCUT2D eigenvalue weighted by atomic mass is 10.1. The number of carbonyl (C=O) groups is 2. The maximum atomic E-state index is 11.5. The van der Waals surface area contributed by atoms with Gasteiger partial charge in [0.2, 0.25) is 0 Å². The summed E-state index contributed by atoms with van der Waals surface area (Å²) >= 11 is 0. The third kappa shape index (κ3) is 2.51. The zero-order chi connectivity index (χ0) is 12.3. The van der Waals surface area contributed by atoms with Crippen LogP contribution >= 0.6 is 0 Å². The highest BCUT2D eigenvalue weighted by Crippen LogP contribution is 2.10. The number of aliphatic carboxylic acids is 1. The fraction of sp³-hybridized carbons (Fsp3) is 0.100. The number of benzene rings is 1. The molecule has 2 aromatic rings. The molecule has 0 spiro atoms. The zero-order valence-electron chi connectivity index (χ0n) is 8.65. The Hall–Kier alpha value is -2.57. The molecule has 0 bridgehead atoms. The van der Waals surface area contributed by atoms with Crippen LogP contribution in [0, 0.1) is 0 Å². The van der Waals surface area contributed by atoms with Gasteiger partial charge in [0.05, 0.1) is 5.69 Å². The van der Waals surface area contributed by atoms with Crippen molar-refractivity contribution >= 4 is 11.8 Å². The Balaban J connectivity index is 2.29. The predicted molar refractivity (Wildman–Crippen MR) is 55.7 cm³/mol. The number of aromatic nitrogens is 4. The van der Waals surface area contributed by atoms with Crippen LogP contribution in [0.3, 0.4) is 0 Å². The van der Waals surface area contributed by atoms with E-state index in [1.165, 1.54) is 11.0 Å². The third-order valence-electron chi connectivity index (χ3n) is 2.09. The van der Waals surface area contributed by atoms with Crippen molar-refractivity contribution in [3.05, 3.63) is 36.2 Å². The molecule has 17 heavy (non-hydrogen) atoms. The molecule has 1 N–H and O–H groups in total. The number of nitrogens with zero attached hydrogens (tertiary/aromatic N) is 4. The molecule has 1 heterocycles. The molecule has 0 saturated carbocycles. The second-order valence-corrected chi connectivity index (χ2v) is 3.30. The van der Waals surface area contributed by atoms with Gasteiger partial charge in [-0.05, 0) is 22.6 Å². The van der Waals surface area contributed by atoms with Crippen molar-refractivity contribution in [1.29, 1.82) is 0 Å². The number of hydrogen-bond acceptors (Lipinski definition) is 5. The van der Waals surface area contributed by atoms with E-state index in [9.17, 15) is 9.59 Å². The van der Waals surface area contributed by atoms with Gasteiger partial charge in [0.1, 0.15) is 12.7 Å². The first-order chi connectivity index (χ1) is 8.16. The van der Waals surface area contributed by atoms with Gasteiger partial charge in [-0.25, -0.2) is 4.68 Å². The molecule has 0 atom stereocenters. The number of carboxylic acid groups (broad SMARTS) is 1. The fourth-order valence-electron chi connectivity index (χ4n) is 1.34. The SMILES string of the molecule is O=C(O)CC(=O)c1cccc(-n2cnnn2)c1. The maximum absolute atomic E-state index is 11.5. The van der Waals surface area contributed by atoms with Crippen LogP contribution in [0.5, 0.6) is 0 Å². The molecular weight excluding hydrogens is 224 g/mol. The summed E-state index contributed by atoms with van der Waals surface area (Å²) in [6.07, 6.45) is 0.861. The van der Waals surface area contributed by atoms with Crippen molar-refractivity contribution in [2.45, 2.75) is 6.42 Å². The van der Waals surface area contributed by atoms with Crippen LogP contribution in [-0.4, -0.2) is 37.1 Å². The van der Waals surface area contributed by atoms with Crippen LogP contribution in [-0.2, 0) is 4.79 Å². The van der Waals surface area contributed by atoms with E-state index in [0.717, 1.165) is 0 Å². The number of rotatable bonds is 4. The van der Waals surface area contributed by atoms with Crippen LogP contribution < -0.4 is 0 Å². The molecule has 0 aliphatic rings. The summed E-state index contributed by atoms with van der Waals surface area (Å²) in [6, 6.07) is 6.46. The van der Waals surface area contributed by atoms with Gasteiger partial charge in [-0.15, -0.1) is 5.10 Å². The Morgan fingerprint density at radius 2 is 2.18 bits per heavy atom. The van der Waals surface area contributed by atoms with E-state index in [1.807, 2.05) is 0 Å². The van der Waals surface area contributed by atoms with Crippen LogP contribution in [0.2, 0.25) is 0 Å². The molecule has 1 aromatic carbocycles. The first-order valence-corrected chi connectivity index (χ1v) is 4.75. The van der Waals surface area contributed by atoms with Crippen molar-refractivity contribution in [1.82, 2.24) is 20.2 Å². The second kappa shape index (κ2) is 4.52. The first-order valence-electron chi connectivity index (χ1n) is 4.75. The topological polar surface area (TPSA) is 98.0 Å². The van der Waals surface area contributed by atoms with E-state index in [0.29, 0.717) is 11.3 Å². The standard InChI is InChI=1S/C10H8N4O3/c15-9(5-10(16)17)7-2-1-3-8(4-7)14-6-11-12-13-14/h1-4,6H,5H2,(H,16,17). The highest BCUT2D eigenvalue weighted by Gasteiger charge is 2.11. The van der Waals surface area contributed by atoms with Gasteiger partial charge in [0.15, 0.2) is 5.78 Å². The lowest BCUT2D eigenvalue weighted by molar-refractivity contribution is -0.135. The Kier molecular flexibility index (Phi) is 2.91. The number of hydrogen-bond donors (Lipinski definition) is 1. The van der Waals surface area contributed by atoms with Gasteiger partial charge in [-0.2, -0.15) is 0 Å². The van der Waals surface area contributed by atoms with Crippen molar-refractivity contribution in [2.24, 2.45) is 0 Å². The Morgan fingerprint density at radius 1 is 1.35 bits per heavy atom. The summed E-state index contributed by atoms with van der Waals surface area (Å²) in [6.45, 7) is 0. The third-order valence-corrected chi connectivity index (χ3v) is 2.09. The highest BCUT2D eigenvalue weighted by molar-refractivity contribution is 6.05. The molecule has 1 aromatic heterocycles. The highest BCUT2D eigenvalue weighted by atomic mass is 16.4. The monoisotopic (exact) mass is 232 g/mol. The molecule has 0 saturated heterocycles. The predicted octanol–water partition coefficient (Wildman–Crippen LogP) is 0.320. The van der Waals surface area contributed by atoms with Crippen LogP contribution in [0.15, 0.2) is 30.6 Å². The summed E-state index contributed by atoms with van der Waals surface area (Å²) < 4.78 is 1.39. The molecule has 2 rings (SSSR count). The minimum absolute atomic E-state index is 0.320. The van der Waals surface area contributed by atoms with Gasteiger partial charge in [0, 0.05) is 5.56 Å². The fourth-order valence-corrected chi connectivity index (χ4v) is 1.34. The number of ketones is 1. The van der Waals surface area contributed by atoms with Crippen molar-refractivity contribution < 1.29 is 14.7 Å². The minimum Gasteiger partial charge on any atom is -0.481 e. The van der Waals surface area contributed by atoms with E-state index in [4.69, 9.17) is 5.11 Å². The van der Waals surface area contributed by atoms with E-state index >= 15 is 0 Å². The molecular formula is C10H8N4O3. The molecule has 0 aliphatic heterocycles. The lowest BCUT2D eigenvalue weighted by Crippen LogP contribution is -2.07. The average molecular weight is 232 g/mol. The smallest absolute Gasteiger partial charge is 0.311 e. The van der Waals surface area contributed by atoms with Crippen LogP contribution in [0.1, 0.15) is 16.8 Å². The van der Waals surface area contributed by atoms with Crippen LogP contribution in [0.25, 0.3) is 5.69 Å². The van der Waals surface area contributed by atoms with Crippen LogP contribution in [0.4, 0.5) is 0 Å². The summed E-state index contributed by atoms with van der Waals surface area (Å²) in [5, 5.41) is 19.2. The summed E-state index contributed by atoms with van der Waals surface area (Å²) in [7, 11) is 0. The van der Waals surface area contributed by atoms with Crippen molar-refractivity contribution in [3.8, 4) is 5.69 Å². The molecule has 0 fully saturated rings. The number of Topliss-reactive ketones (excluding diaryl/α,β-unsaturated/α-hetero) is 1. The maximum Gasteiger partial charge on any atom is 0.311 e. The van der Waals surface area contributed by atoms with E-state index in [-0.39, 0.29) is 0 Å².